The minimum absolute atomic E-state index is 0.0429. The number of fused-ring (bicyclic) bond motifs is 1. The molecule has 22 heavy (non-hydrogen) atoms. The fourth-order valence-electron chi connectivity index (χ4n) is 3.35. The molecule has 1 aliphatic carbocycles. The predicted octanol–water partition coefficient (Wildman–Crippen LogP) is 3.30. The topological polar surface area (TPSA) is 54.6 Å². The molecule has 1 aliphatic rings. The van der Waals surface area contributed by atoms with Crippen LogP contribution >= 0.6 is 0 Å². The number of aromatic hydroxyl groups is 1. The largest absolute Gasteiger partial charge is 0.506 e. The minimum Gasteiger partial charge on any atom is -0.506 e. The molecule has 1 fully saturated rings. The first-order valence-corrected chi connectivity index (χ1v) is 7.94. The first kappa shape index (κ1) is 14.8. The monoisotopic (exact) mass is 298 g/mol. The summed E-state index contributed by atoms with van der Waals surface area (Å²) < 4.78 is 1.60. The Balaban J connectivity index is 2.10. The summed E-state index contributed by atoms with van der Waals surface area (Å²) >= 11 is 0. The number of aromatic nitrogens is 1. The van der Waals surface area contributed by atoms with Crippen LogP contribution in [0.5, 0.6) is 5.75 Å². The molecule has 0 unspecified atom stereocenters. The summed E-state index contributed by atoms with van der Waals surface area (Å²) in [7, 11) is 1.75. The van der Waals surface area contributed by atoms with Gasteiger partial charge in [0, 0.05) is 24.7 Å². The van der Waals surface area contributed by atoms with Crippen LogP contribution in [-0.2, 0) is 7.05 Å². The Morgan fingerprint density at radius 2 is 2.00 bits per heavy atom. The van der Waals surface area contributed by atoms with Gasteiger partial charge in [0.1, 0.15) is 11.3 Å². The van der Waals surface area contributed by atoms with Crippen LogP contribution in [-0.4, -0.2) is 21.9 Å². The van der Waals surface area contributed by atoms with Crippen molar-refractivity contribution in [3.05, 3.63) is 39.7 Å². The van der Waals surface area contributed by atoms with Gasteiger partial charge in [0.25, 0.3) is 5.56 Å². The molecular formula is C18H22N2O2. The maximum atomic E-state index is 12.5. The summed E-state index contributed by atoms with van der Waals surface area (Å²) in [5, 5.41) is 11.2. The Labute approximate surface area is 130 Å². The van der Waals surface area contributed by atoms with Gasteiger partial charge in [-0.3, -0.25) is 9.79 Å². The van der Waals surface area contributed by atoms with Crippen molar-refractivity contribution in [2.24, 2.45) is 12.0 Å². The molecule has 1 aromatic heterocycles. The zero-order valence-corrected chi connectivity index (χ0v) is 13.2. The van der Waals surface area contributed by atoms with Crippen LogP contribution in [0.15, 0.2) is 28.0 Å². The highest BCUT2D eigenvalue weighted by atomic mass is 16.3. The van der Waals surface area contributed by atoms with E-state index in [0.717, 1.165) is 23.9 Å². The van der Waals surface area contributed by atoms with Gasteiger partial charge in [0.15, 0.2) is 0 Å². The van der Waals surface area contributed by atoms with Gasteiger partial charge in [0.05, 0.1) is 5.52 Å². The molecule has 2 aromatic rings. The maximum absolute atomic E-state index is 12.5. The smallest absolute Gasteiger partial charge is 0.263 e. The summed E-state index contributed by atoms with van der Waals surface area (Å²) in [5.74, 6) is 0.0429. The van der Waals surface area contributed by atoms with Crippen molar-refractivity contribution in [3.8, 4) is 5.75 Å². The molecule has 0 atom stereocenters. The van der Waals surface area contributed by atoms with Crippen molar-refractivity contribution < 1.29 is 5.11 Å². The fraction of sp³-hybridized carbons (Fsp3) is 0.444. The van der Waals surface area contributed by atoms with Crippen molar-refractivity contribution >= 4 is 17.1 Å². The third-order valence-electron chi connectivity index (χ3n) is 4.61. The van der Waals surface area contributed by atoms with Gasteiger partial charge in [-0.1, -0.05) is 31.4 Å². The fourth-order valence-corrected chi connectivity index (χ4v) is 3.35. The van der Waals surface area contributed by atoms with E-state index in [1.807, 2.05) is 25.1 Å². The summed E-state index contributed by atoms with van der Waals surface area (Å²) in [6, 6.07) is 5.96. The molecule has 1 heterocycles. The van der Waals surface area contributed by atoms with E-state index >= 15 is 0 Å². The van der Waals surface area contributed by atoms with Crippen molar-refractivity contribution in [1.29, 1.82) is 0 Å². The number of rotatable bonds is 2. The first-order chi connectivity index (χ1) is 10.6. The number of hydrogen-bond donors (Lipinski definition) is 1. The molecule has 0 saturated heterocycles. The van der Waals surface area contributed by atoms with Crippen LogP contribution in [0.1, 0.15) is 43.2 Å². The van der Waals surface area contributed by atoms with Crippen molar-refractivity contribution in [2.75, 3.05) is 0 Å². The van der Waals surface area contributed by atoms with Crippen LogP contribution < -0.4 is 5.56 Å². The molecule has 1 aromatic carbocycles. The lowest BCUT2D eigenvalue weighted by Gasteiger charge is -2.17. The third kappa shape index (κ3) is 2.54. The van der Waals surface area contributed by atoms with E-state index in [1.165, 1.54) is 19.3 Å². The molecule has 116 valence electrons. The number of nitrogens with zero attached hydrogens (tertiary/aromatic N) is 2. The number of pyridine rings is 1. The maximum Gasteiger partial charge on any atom is 0.263 e. The van der Waals surface area contributed by atoms with Gasteiger partial charge >= 0.3 is 0 Å². The predicted molar refractivity (Wildman–Crippen MR) is 90.1 cm³/mol. The van der Waals surface area contributed by atoms with Crippen molar-refractivity contribution in [3.63, 3.8) is 0 Å². The van der Waals surface area contributed by atoms with Gasteiger partial charge in [-0.25, -0.2) is 0 Å². The molecule has 1 N–H and O–H groups in total. The Kier molecular flexibility index (Phi) is 4.01. The number of aliphatic imine (C=N–C) groups is 1. The lowest BCUT2D eigenvalue weighted by atomic mass is 9.96. The molecule has 0 radical (unpaired) electrons. The molecule has 4 nitrogen and oxygen atoms in total. The Bertz CT molecular complexity index is 784. The van der Waals surface area contributed by atoms with E-state index < -0.39 is 0 Å². The number of aryl methyl sites for hydroxylation is 2. The highest BCUT2D eigenvalue weighted by molar-refractivity contribution is 5.96. The van der Waals surface area contributed by atoms with Crippen LogP contribution in [0.3, 0.4) is 0 Å². The quantitative estimate of drug-likeness (QED) is 0.865. The van der Waals surface area contributed by atoms with Crippen LogP contribution in [0, 0.1) is 6.92 Å². The lowest BCUT2D eigenvalue weighted by molar-refractivity contribution is 0.444. The van der Waals surface area contributed by atoms with Crippen LogP contribution in [0.4, 0.5) is 0 Å². The average Bonchev–Trinajstić information content (AvgIpc) is 2.53. The standard InChI is InChI=1S/C18H22N2O2/c1-12-7-6-10-14-16(12)20(2)18(22)15(17(14)21)11-19-13-8-4-3-5-9-13/h6-7,10-11,13,21H,3-5,8-9H2,1-2H3. The molecule has 3 rings (SSSR count). The van der Waals surface area contributed by atoms with E-state index in [1.54, 1.807) is 17.8 Å². The zero-order chi connectivity index (χ0) is 15.7. The van der Waals surface area contributed by atoms with E-state index in [2.05, 4.69) is 4.99 Å². The molecular weight excluding hydrogens is 276 g/mol. The highest BCUT2D eigenvalue weighted by Crippen LogP contribution is 2.27. The van der Waals surface area contributed by atoms with Gasteiger partial charge in [-0.15, -0.1) is 0 Å². The second-order valence-electron chi connectivity index (χ2n) is 6.17. The van der Waals surface area contributed by atoms with Crippen LogP contribution in [0.25, 0.3) is 10.9 Å². The van der Waals surface area contributed by atoms with Crippen molar-refractivity contribution in [2.45, 2.75) is 45.1 Å². The number of hydrogen-bond acceptors (Lipinski definition) is 3. The lowest BCUT2D eigenvalue weighted by Crippen LogP contribution is -2.22. The Hall–Kier alpha value is -2.10. The summed E-state index contributed by atoms with van der Waals surface area (Å²) in [5.41, 5.74) is 1.85. The number of para-hydroxylation sites is 1. The SMILES string of the molecule is Cc1cccc2c(O)c(C=NC3CCCCC3)c(=O)n(C)c12. The normalized spacial score (nSPS) is 16.6. The zero-order valence-electron chi connectivity index (χ0n) is 13.2. The van der Waals surface area contributed by atoms with E-state index in [0.29, 0.717) is 10.9 Å². The van der Waals surface area contributed by atoms with Crippen LogP contribution in [0.2, 0.25) is 0 Å². The van der Waals surface area contributed by atoms with Crippen molar-refractivity contribution in [1.82, 2.24) is 4.57 Å². The van der Waals surface area contributed by atoms with E-state index in [9.17, 15) is 9.90 Å². The summed E-state index contributed by atoms with van der Waals surface area (Å²) in [6.45, 7) is 1.94. The molecule has 0 amide bonds. The van der Waals surface area contributed by atoms with Gasteiger partial charge in [-0.2, -0.15) is 0 Å². The number of benzene rings is 1. The van der Waals surface area contributed by atoms with Gasteiger partial charge < -0.3 is 9.67 Å². The van der Waals surface area contributed by atoms with Gasteiger partial charge in [0.2, 0.25) is 0 Å². The third-order valence-corrected chi connectivity index (χ3v) is 4.61. The Morgan fingerprint density at radius 1 is 1.27 bits per heavy atom. The first-order valence-electron chi connectivity index (χ1n) is 7.94. The van der Waals surface area contributed by atoms with E-state index in [4.69, 9.17) is 0 Å². The second-order valence-corrected chi connectivity index (χ2v) is 6.17. The Morgan fingerprint density at radius 3 is 2.73 bits per heavy atom. The second kappa shape index (κ2) is 5.95. The summed E-state index contributed by atoms with van der Waals surface area (Å²) in [4.78, 5) is 17.1. The molecule has 0 aliphatic heterocycles. The van der Waals surface area contributed by atoms with Gasteiger partial charge in [-0.05, 0) is 31.4 Å². The molecule has 0 spiro atoms. The average molecular weight is 298 g/mol. The van der Waals surface area contributed by atoms with E-state index in [-0.39, 0.29) is 17.4 Å². The minimum atomic E-state index is -0.196. The summed E-state index contributed by atoms with van der Waals surface area (Å²) in [6.07, 6.45) is 7.39. The molecule has 0 bridgehead atoms. The highest BCUT2D eigenvalue weighted by Gasteiger charge is 2.16. The molecule has 1 saturated carbocycles. The molecule has 4 heteroatoms.